The number of pyridine rings is 2. The van der Waals surface area contributed by atoms with Gasteiger partial charge in [0.25, 0.3) is 0 Å². The lowest BCUT2D eigenvalue weighted by Gasteiger charge is -2.07. The molecule has 1 aliphatic rings. The molecular weight excluding hydrogens is 362 g/mol. The topological polar surface area (TPSA) is 47.0 Å². The molecule has 0 bridgehead atoms. The average Bonchev–Trinajstić information content (AvgIpc) is 3.02. The van der Waals surface area contributed by atoms with Crippen LogP contribution in [0.25, 0.3) is 5.70 Å². The Kier molecular flexibility index (Phi) is 5.48. The Bertz CT molecular complexity index is 634. The van der Waals surface area contributed by atoms with Gasteiger partial charge in [0.2, 0.25) is 0 Å². The summed E-state index contributed by atoms with van der Waals surface area (Å²) < 4.78 is 0.971. The lowest BCUT2D eigenvalue weighted by molar-refractivity contribution is 0.0651. The number of rotatable bonds is 6. The van der Waals surface area contributed by atoms with E-state index in [1.54, 1.807) is 6.20 Å². The predicted octanol–water partition coefficient (Wildman–Crippen LogP) is 3.46. The quantitative estimate of drug-likeness (QED) is 0.781. The minimum atomic E-state index is 0.0860. The average molecular weight is 378 g/mol. The summed E-state index contributed by atoms with van der Waals surface area (Å²) >= 11 is 5.27. The number of hydroxylamine groups is 1. The van der Waals surface area contributed by atoms with E-state index in [1.807, 2.05) is 36.3 Å². The van der Waals surface area contributed by atoms with E-state index in [0.717, 1.165) is 33.8 Å². The second-order valence-electron chi connectivity index (χ2n) is 4.88. The number of nitrogens with zero attached hydrogens (tertiary/aromatic N) is 2. The van der Waals surface area contributed by atoms with Gasteiger partial charge in [-0.1, -0.05) is 0 Å². The Labute approximate surface area is 142 Å². The van der Waals surface area contributed by atoms with E-state index in [4.69, 9.17) is 4.84 Å². The van der Waals surface area contributed by atoms with Gasteiger partial charge in [-0.2, -0.15) is 11.8 Å². The Hall–Kier alpha value is -1.37. The lowest BCUT2D eigenvalue weighted by Crippen LogP contribution is -2.14. The fourth-order valence-corrected chi connectivity index (χ4v) is 3.26. The first-order valence-electron chi connectivity index (χ1n) is 7.03. The van der Waals surface area contributed by atoms with Crippen molar-refractivity contribution in [1.29, 1.82) is 0 Å². The summed E-state index contributed by atoms with van der Waals surface area (Å²) in [6.45, 7) is 0. The minimum absolute atomic E-state index is 0.0860. The fourth-order valence-electron chi connectivity index (χ4n) is 2.09. The highest BCUT2D eigenvalue weighted by Gasteiger charge is 2.18. The third-order valence-corrected chi connectivity index (χ3v) is 4.77. The van der Waals surface area contributed by atoms with E-state index in [-0.39, 0.29) is 6.10 Å². The predicted molar refractivity (Wildman–Crippen MR) is 93.2 cm³/mol. The third kappa shape index (κ3) is 4.32. The van der Waals surface area contributed by atoms with Crippen molar-refractivity contribution in [1.82, 2.24) is 15.4 Å². The van der Waals surface area contributed by atoms with Crippen LogP contribution < -0.4 is 5.48 Å². The Morgan fingerprint density at radius 3 is 2.86 bits per heavy atom. The molecule has 0 spiro atoms. The van der Waals surface area contributed by atoms with Crippen molar-refractivity contribution in [3.05, 3.63) is 64.7 Å². The van der Waals surface area contributed by atoms with Crippen molar-refractivity contribution in [2.75, 3.05) is 11.5 Å². The van der Waals surface area contributed by atoms with Crippen LogP contribution in [-0.4, -0.2) is 27.6 Å². The van der Waals surface area contributed by atoms with Gasteiger partial charge in [-0.3, -0.25) is 20.3 Å². The molecule has 1 atom stereocenters. The molecule has 3 rings (SSSR count). The SMILES string of the molecule is Brc1ccc(C2=CC(CSCCc3ccncc3)ON2)nc1. The van der Waals surface area contributed by atoms with Crippen LogP contribution in [-0.2, 0) is 11.3 Å². The van der Waals surface area contributed by atoms with Gasteiger partial charge in [0.1, 0.15) is 6.10 Å². The van der Waals surface area contributed by atoms with Crippen molar-refractivity contribution in [2.45, 2.75) is 12.5 Å². The number of halogens is 1. The molecule has 22 heavy (non-hydrogen) atoms. The zero-order valence-electron chi connectivity index (χ0n) is 11.9. The number of aromatic nitrogens is 2. The summed E-state index contributed by atoms with van der Waals surface area (Å²) in [4.78, 5) is 14.0. The standard InChI is InChI=1S/C16H16BrN3OS/c17-13-1-2-15(19-10-13)16-9-14(21-20-16)11-22-8-5-12-3-6-18-7-4-12/h1-4,6-7,9-10,14,20H,5,8,11H2. The van der Waals surface area contributed by atoms with E-state index in [1.165, 1.54) is 5.56 Å². The normalized spacial score (nSPS) is 17.1. The summed E-state index contributed by atoms with van der Waals surface area (Å²) in [5.74, 6) is 2.00. The monoisotopic (exact) mass is 377 g/mol. The van der Waals surface area contributed by atoms with E-state index in [9.17, 15) is 0 Å². The zero-order chi connectivity index (χ0) is 15.2. The van der Waals surface area contributed by atoms with Crippen LogP contribution in [0.4, 0.5) is 0 Å². The molecule has 0 saturated carbocycles. The first kappa shape index (κ1) is 15.5. The van der Waals surface area contributed by atoms with Crippen LogP contribution in [0.5, 0.6) is 0 Å². The van der Waals surface area contributed by atoms with Gasteiger partial charge in [0, 0.05) is 28.8 Å². The Morgan fingerprint density at radius 1 is 1.23 bits per heavy atom. The number of thioether (sulfide) groups is 1. The molecule has 0 amide bonds. The van der Waals surface area contributed by atoms with Crippen LogP contribution in [0.2, 0.25) is 0 Å². The smallest absolute Gasteiger partial charge is 0.115 e. The van der Waals surface area contributed by atoms with Crippen molar-refractivity contribution in [3.8, 4) is 0 Å². The van der Waals surface area contributed by atoms with E-state index in [0.29, 0.717) is 0 Å². The molecule has 2 aromatic heterocycles. The lowest BCUT2D eigenvalue weighted by atomic mass is 10.2. The zero-order valence-corrected chi connectivity index (χ0v) is 14.3. The molecule has 0 fully saturated rings. The molecule has 0 aromatic carbocycles. The number of hydrogen-bond acceptors (Lipinski definition) is 5. The Balaban J connectivity index is 1.45. The molecule has 114 valence electrons. The van der Waals surface area contributed by atoms with Crippen molar-refractivity contribution >= 4 is 33.4 Å². The molecule has 6 heteroatoms. The number of aryl methyl sites for hydroxylation is 1. The summed E-state index contributed by atoms with van der Waals surface area (Å²) in [7, 11) is 0. The molecule has 0 aliphatic carbocycles. The summed E-state index contributed by atoms with van der Waals surface area (Å²) in [5.41, 5.74) is 6.12. The molecule has 3 heterocycles. The van der Waals surface area contributed by atoms with E-state index in [2.05, 4.69) is 49.6 Å². The summed E-state index contributed by atoms with van der Waals surface area (Å²) in [5, 5.41) is 0. The van der Waals surface area contributed by atoms with Crippen LogP contribution >= 0.6 is 27.7 Å². The van der Waals surface area contributed by atoms with E-state index < -0.39 is 0 Å². The third-order valence-electron chi connectivity index (χ3n) is 3.24. The van der Waals surface area contributed by atoms with Gasteiger partial charge >= 0.3 is 0 Å². The Morgan fingerprint density at radius 2 is 2.09 bits per heavy atom. The summed E-state index contributed by atoms with van der Waals surface area (Å²) in [6.07, 6.45) is 8.69. The van der Waals surface area contributed by atoms with Crippen molar-refractivity contribution in [3.63, 3.8) is 0 Å². The maximum Gasteiger partial charge on any atom is 0.115 e. The van der Waals surface area contributed by atoms with Crippen molar-refractivity contribution < 1.29 is 4.84 Å². The molecule has 2 aromatic rings. The molecule has 0 saturated heterocycles. The van der Waals surface area contributed by atoms with E-state index >= 15 is 0 Å². The largest absolute Gasteiger partial charge is 0.268 e. The van der Waals surface area contributed by atoms with Gasteiger partial charge in [-0.25, -0.2) is 0 Å². The first-order valence-corrected chi connectivity index (χ1v) is 8.98. The van der Waals surface area contributed by atoms with Gasteiger partial charge in [-0.05, 0) is 64.0 Å². The highest BCUT2D eigenvalue weighted by atomic mass is 79.9. The molecule has 1 N–H and O–H groups in total. The maximum absolute atomic E-state index is 5.58. The highest BCUT2D eigenvalue weighted by molar-refractivity contribution is 9.10. The second kappa shape index (κ2) is 7.76. The van der Waals surface area contributed by atoms with Crippen LogP contribution in [0, 0.1) is 0 Å². The van der Waals surface area contributed by atoms with Crippen LogP contribution in [0.3, 0.4) is 0 Å². The minimum Gasteiger partial charge on any atom is -0.268 e. The molecule has 4 nitrogen and oxygen atoms in total. The van der Waals surface area contributed by atoms with Gasteiger partial charge < -0.3 is 0 Å². The maximum atomic E-state index is 5.58. The second-order valence-corrected chi connectivity index (χ2v) is 6.95. The fraction of sp³-hybridized carbons (Fsp3) is 0.250. The van der Waals surface area contributed by atoms with Gasteiger partial charge in [0.05, 0.1) is 11.4 Å². The van der Waals surface area contributed by atoms with Crippen molar-refractivity contribution in [2.24, 2.45) is 0 Å². The number of hydrogen-bond donors (Lipinski definition) is 1. The van der Waals surface area contributed by atoms with Gasteiger partial charge in [-0.15, -0.1) is 0 Å². The molecule has 0 radical (unpaired) electrons. The molecule has 1 unspecified atom stereocenters. The summed E-state index contributed by atoms with van der Waals surface area (Å²) in [6, 6.07) is 8.06. The molecule has 1 aliphatic heterocycles. The number of nitrogens with one attached hydrogen (secondary N) is 1. The highest BCUT2D eigenvalue weighted by Crippen LogP contribution is 2.20. The van der Waals surface area contributed by atoms with Crippen LogP contribution in [0.1, 0.15) is 11.3 Å². The first-order chi connectivity index (χ1) is 10.8. The van der Waals surface area contributed by atoms with Gasteiger partial charge in [0.15, 0.2) is 0 Å². The molecular formula is C16H16BrN3OS. The van der Waals surface area contributed by atoms with Crippen LogP contribution in [0.15, 0.2) is 53.4 Å².